The Kier molecular flexibility index (Phi) is 3.71. The van der Waals surface area contributed by atoms with Crippen molar-refractivity contribution in [1.82, 2.24) is 5.32 Å². The molecule has 1 amide bonds. The van der Waals surface area contributed by atoms with Crippen LogP contribution in [0, 0.1) is 0 Å². The highest BCUT2D eigenvalue weighted by Gasteiger charge is 2.41. The molecular weight excluding hydrogens is 224 g/mol. The van der Waals surface area contributed by atoms with Crippen molar-refractivity contribution in [1.29, 1.82) is 0 Å². The fourth-order valence-electron chi connectivity index (χ4n) is 2.38. The first-order valence-corrected chi connectivity index (χ1v) is 6.79. The van der Waals surface area contributed by atoms with Crippen LogP contribution in [-0.4, -0.2) is 11.9 Å². The first-order valence-electron chi connectivity index (χ1n) is 6.79. The minimum Gasteiger partial charge on any atom is -0.368 e. The molecule has 1 aromatic rings. The summed E-state index contributed by atoms with van der Waals surface area (Å²) in [5, 5.41) is 3.43. The van der Waals surface area contributed by atoms with Crippen LogP contribution < -0.4 is 11.1 Å². The lowest BCUT2D eigenvalue weighted by Crippen LogP contribution is -2.53. The van der Waals surface area contributed by atoms with Gasteiger partial charge in [-0.25, -0.2) is 0 Å². The van der Waals surface area contributed by atoms with Crippen molar-refractivity contribution >= 4 is 5.91 Å². The van der Waals surface area contributed by atoms with Gasteiger partial charge in [-0.1, -0.05) is 38.1 Å². The average molecular weight is 246 g/mol. The highest BCUT2D eigenvalue weighted by atomic mass is 16.1. The van der Waals surface area contributed by atoms with Crippen LogP contribution in [0.25, 0.3) is 0 Å². The molecule has 1 aliphatic carbocycles. The van der Waals surface area contributed by atoms with Gasteiger partial charge in [-0.15, -0.1) is 0 Å². The lowest BCUT2D eigenvalue weighted by Gasteiger charge is -2.31. The summed E-state index contributed by atoms with van der Waals surface area (Å²) in [5.41, 5.74) is 7.22. The molecule has 0 aromatic heterocycles. The van der Waals surface area contributed by atoms with Crippen LogP contribution >= 0.6 is 0 Å². The zero-order chi connectivity index (χ0) is 13.2. The van der Waals surface area contributed by atoms with Gasteiger partial charge < -0.3 is 5.73 Å². The van der Waals surface area contributed by atoms with Gasteiger partial charge in [0, 0.05) is 6.04 Å². The van der Waals surface area contributed by atoms with Crippen molar-refractivity contribution < 1.29 is 4.79 Å². The molecule has 0 saturated heterocycles. The van der Waals surface area contributed by atoms with Gasteiger partial charge in [0.05, 0.1) is 0 Å². The monoisotopic (exact) mass is 246 g/mol. The van der Waals surface area contributed by atoms with Crippen molar-refractivity contribution in [3.8, 4) is 0 Å². The molecule has 0 aliphatic heterocycles. The maximum atomic E-state index is 11.9. The van der Waals surface area contributed by atoms with Gasteiger partial charge in [0.2, 0.25) is 5.91 Å². The number of primary amides is 1. The predicted molar refractivity (Wildman–Crippen MR) is 73.1 cm³/mol. The minimum atomic E-state index is -0.701. The van der Waals surface area contributed by atoms with Gasteiger partial charge in [0.25, 0.3) is 0 Å². The summed E-state index contributed by atoms with van der Waals surface area (Å²) in [6.45, 7) is 4.13. The van der Waals surface area contributed by atoms with E-state index in [2.05, 4.69) is 24.4 Å². The van der Waals surface area contributed by atoms with Gasteiger partial charge in [-0.05, 0) is 36.8 Å². The van der Waals surface area contributed by atoms with Gasteiger partial charge in [-0.2, -0.15) is 0 Å². The zero-order valence-electron chi connectivity index (χ0n) is 11.2. The van der Waals surface area contributed by atoms with Crippen LogP contribution in [0.2, 0.25) is 0 Å². The van der Waals surface area contributed by atoms with Crippen LogP contribution in [0.1, 0.15) is 44.2 Å². The number of benzene rings is 1. The van der Waals surface area contributed by atoms with E-state index in [1.807, 2.05) is 19.1 Å². The summed E-state index contributed by atoms with van der Waals surface area (Å²) < 4.78 is 0. The molecule has 0 spiro atoms. The van der Waals surface area contributed by atoms with Gasteiger partial charge in [0.1, 0.15) is 5.54 Å². The van der Waals surface area contributed by atoms with E-state index in [4.69, 9.17) is 5.73 Å². The smallest absolute Gasteiger partial charge is 0.242 e. The molecule has 0 bridgehead atoms. The molecule has 0 heterocycles. The SMILES string of the molecule is CCc1ccc(C(CC)(NC2CC2)C(N)=O)cc1. The molecule has 1 saturated carbocycles. The summed E-state index contributed by atoms with van der Waals surface area (Å²) in [5.74, 6) is -0.277. The maximum Gasteiger partial charge on any atom is 0.242 e. The molecule has 3 heteroatoms. The van der Waals surface area contributed by atoms with Crippen LogP contribution in [0.3, 0.4) is 0 Å². The second kappa shape index (κ2) is 5.11. The molecule has 1 fully saturated rings. The Morgan fingerprint density at radius 3 is 2.33 bits per heavy atom. The first-order chi connectivity index (χ1) is 8.62. The average Bonchev–Trinajstić information content (AvgIpc) is 3.19. The fraction of sp³-hybridized carbons (Fsp3) is 0.533. The number of hydrogen-bond donors (Lipinski definition) is 2. The van der Waals surface area contributed by atoms with E-state index in [0.717, 1.165) is 24.8 Å². The zero-order valence-corrected chi connectivity index (χ0v) is 11.2. The molecule has 1 aromatic carbocycles. The maximum absolute atomic E-state index is 11.9. The lowest BCUT2D eigenvalue weighted by molar-refractivity contribution is -0.125. The third-order valence-electron chi connectivity index (χ3n) is 3.83. The Morgan fingerprint density at radius 1 is 1.33 bits per heavy atom. The van der Waals surface area contributed by atoms with Gasteiger partial charge in [-0.3, -0.25) is 10.1 Å². The number of carbonyl (C=O) groups is 1. The first kappa shape index (κ1) is 13.1. The largest absolute Gasteiger partial charge is 0.368 e. The topological polar surface area (TPSA) is 55.1 Å². The minimum absolute atomic E-state index is 0.277. The Bertz CT molecular complexity index is 423. The van der Waals surface area contributed by atoms with E-state index in [1.54, 1.807) is 0 Å². The highest BCUT2D eigenvalue weighted by Crippen LogP contribution is 2.31. The molecular formula is C15H22N2O. The van der Waals surface area contributed by atoms with E-state index >= 15 is 0 Å². The summed E-state index contributed by atoms with van der Waals surface area (Å²) >= 11 is 0. The molecule has 98 valence electrons. The van der Waals surface area contributed by atoms with E-state index in [0.29, 0.717) is 12.5 Å². The number of nitrogens with one attached hydrogen (secondary N) is 1. The number of nitrogens with two attached hydrogens (primary N) is 1. The van der Waals surface area contributed by atoms with Crippen molar-refractivity contribution in [3.05, 3.63) is 35.4 Å². The Labute approximate surface area is 109 Å². The molecule has 3 nitrogen and oxygen atoms in total. The summed E-state index contributed by atoms with van der Waals surface area (Å²) in [7, 11) is 0. The number of aryl methyl sites for hydroxylation is 1. The molecule has 1 unspecified atom stereocenters. The molecule has 2 rings (SSSR count). The standard InChI is InChI=1S/C15H22N2O/c1-3-11-5-7-12(8-6-11)15(4-2,14(16)18)17-13-9-10-13/h5-8,13,17H,3-4,9-10H2,1-2H3,(H2,16,18). The second-order valence-electron chi connectivity index (χ2n) is 5.09. The van der Waals surface area contributed by atoms with E-state index in [1.165, 1.54) is 5.56 Å². The van der Waals surface area contributed by atoms with Crippen molar-refractivity contribution in [2.45, 2.75) is 51.1 Å². The van der Waals surface area contributed by atoms with E-state index in [9.17, 15) is 4.79 Å². The number of rotatable bonds is 6. The Hall–Kier alpha value is -1.35. The molecule has 0 radical (unpaired) electrons. The number of hydrogen-bond acceptors (Lipinski definition) is 2. The normalized spacial score (nSPS) is 18.3. The highest BCUT2D eigenvalue weighted by molar-refractivity contribution is 5.86. The van der Waals surface area contributed by atoms with Gasteiger partial charge in [0.15, 0.2) is 0 Å². The molecule has 1 aliphatic rings. The van der Waals surface area contributed by atoms with Crippen LogP contribution in [0.4, 0.5) is 0 Å². The van der Waals surface area contributed by atoms with E-state index < -0.39 is 5.54 Å². The summed E-state index contributed by atoms with van der Waals surface area (Å²) in [4.78, 5) is 11.9. The van der Waals surface area contributed by atoms with Crippen molar-refractivity contribution in [2.24, 2.45) is 5.73 Å². The molecule has 3 N–H and O–H groups in total. The molecule has 1 atom stereocenters. The number of carbonyl (C=O) groups excluding carboxylic acids is 1. The van der Waals surface area contributed by atoms with Crippen molar-refractivity contribution in [3.63, 3.8) is 0 Å². The quantitative estimate of drug-likeness (QED) is 0.807. The van der Waals surface area contributed by atoms with Crippen LogP contribution in [-0.2, 0) is 16.8 Å². The van der Waals surface area contributed by atoms with Crippen molar-refractivity contribution in [2.75, 3.05) is 0 Å². The predicted octanol–water partition coefficient (Wildman–Crippen LogP) is 2.09. The molecule has 18 heavy (non-hydrogen) atoms. The third-order valence-corrected chi connectivity index (χ3v) is 3.83. The summed E-state index contributed by atoms with van der Waals surface area (Å²) in [6, 6.07) is 8.67. The van der Waals surface area contributed by atoms with Crippen LogP contribution in [0.5, 0.6) is 0 Å². The second-order valence-corrected chi connectivity index (χ2v) is 5.09. The Morgan fingerprint density at radius 2 is 1.94 bits per heavy atom. The van der Waals surface area contributed by atoms with E-state index in [-0.39, 0.29) is 5.91 Å². The summed E-state index contributed by atoms with van der Waals surface area (Å²) in [6.07, 6.45) is 3.97. The van der Waals surface area contributed by atoms with Gasteiger partial charge >= 0.3 is 0 Å². The number of amides is 1. The fourth-order valence-corrected chi connectivity index (χ4v) is 2.38. The van der Waals surface area contributed by atoms with Crippen LogP contribution in [0.15, 0.2) is 24.3 Å². The Balaban J connectivity index is 2.33. The third kappa shape index (κ3) is 2.41. The lowest BCUT2D eigenvalue weighted by atomic mass is 9.85.